The van der Waals surface area contributed by atoms with E-state index < -0.39 is 19.5 Å². The maximum Gasteiger partial charge on any atom is 0.349 e. The molecule has 7 N–H and O–H groups in total. The van der Waals surface area contributed by atoms with Crippen LogP contribution < -0.4 is 22.3 Å². The van der Waals surface area contributed by atoms with Gasteiger partial charge in [0.1, 0.15) is 12.3 Å². The van der Waals surface area contributed by atoms with Gasteiger partial charge in [-0.15, -0.1) is 0 Å². The molecule has 0 spiro atoms. The second kappa shape index (κ2) is 11.4. The second-order valence-electron chi connectivity index (χ2n) is 4.28. The number of aliphatic imine (C=N–C) groups is 1. The number of hydrogen-bond donors (Lipinski definition) is 5. The van der Waals surface area contributed by atoms with Gasteiger partial charge in [-0.3, -0.25) is 14.4 Å². The smallest absolute Gasteiger partial charge is 0.349 e. The van der Waals surface area contributed by atoms with Gasteiger partial charge in [-0.05, 0) is 26.7 Å². The van der Waals surface area contributed by atoms with E-state index in [0.29, 0.717) is 19.4 Å². The van der Waals surface area contributed by atoms with Crippen LogP contribution in [0.4, 0.5) is 0 Å². The number of nitrogens with one attached hydrogen (secondary N) is 2. The van der Waals surface area contributed by atoms with E-state index in [1.54, 1.807) is 13.8 Å². The highest BCUT2D eigenvalue weighted by Gasteiger charge is 2.26. The van der Waals surface area contributed by atoms with Gasteiger partial charge in [-0.1, -0.05) is 0 Å². The summed E-state index contributed by atoms with van der Waals surface area (Å²) in [6.07, 6.45) is 0.518. The van der Waals surface area contributed by atoms with Crippen molar-refractivity contribution in [2.75, 3.05) is 26.0 Å². The van der Waals surface area contributed by atoms with E-state index in [1.807, 2.05) is 5.48 Å². The van der Waals surface area contributed by atoms with Crippen molar-refractivity contribution in [2.24, 2.45) is 16.5 Å². The van der Waals surface area contributed by atoms with Crippen LogP contribution in [0.2, 0.25) is 0 Å². The number of nitrogens with two attached hydrogens (primary N) is 2. The molecule has 1 atom stereocenters. The number of guanidine groups is 1. The van der Waals surface area contributed by atoms with E-state index in [0.717, 1.165) is 0 Å². The van der Waals surface area contributed by atoms with Gasteiger partial charge in [0.2, 0.25) is 5.91 Å². The third-order valence-corrected chi connectivity index (χ3v) is 4.36. The molecule has 0 aliphatic carbocycles. The maximum absolute atomic E-state index is 12.2. The molecule has 22 heavy (non-hydrogen) atoms. The zero-order chi connectivity index (χ0) is 17.0. The fourth-order valence-corrected chi connectivity index (χ4v) is 2.97. The second-order valence-corrected chi connectivity index (χ2v) is 6.33. The van der Waals surface area contributed by atoms with Crippen LogP contribution in [0, 0.1) is 0 Å². The van der Waals surface area contributed by atoms with Crippen molar-refractivity contribution in [3.8, 4) is 0 Å². The zero-order valence-corrected chi connectivity index (χ0v) is 13.8. The number of rotatable bonds is 12. The predicted molar refractivity (Wildman–Crippen MR) is 82.5 cm³/mol. The summed E-state index contributed by atoms with van der Waals surface area (Å²) in [6, 6.07) is -0.870. The summed E-state index contributed by atoms with van der Waals surface area (Å²) in [4.78, 5) is 15.7. The van der Waals surface area contributed by atoms with Crippen LogP contribution in [0.3, 0.4) is 0 Å². The van der Waals surface area contributed by atoms with Gasteiger partial charge in [-0.25, -0.2) is 0 Å². The molecular formula is C11H26N5O5P. The minimum Gasteiger partial charge on any atom is -0.370 e. The Labute approximate surface area is 130 Å². The first kappa shape index (κ1) is 20.8. The lowest BCUT2D eigenvalue weighted by Crippen LogP contribution is -2.43. The lowest BCUT2D eigenvalue weighted by atomic mass is 10.1. The molecule has 0 saturated heterocycles. The molecule has 1 amide bonds. The summed E-state index contributed by atoms with van der Waals surface area (Å²) in [5.74, 6) is -0.556. The Morgan fingerprint density at radius 2 is 1.91 bits per heavy atom. The van der Waals surface area contributed by atoms with Gasteiger partial charge in [-0.2, -0.15) is 5.48 Å². The normalized spacial score (nSPS) is 12.7. The van der Waals surface area contributed by atoms with Crippen molar-refractivity contribution in [1.82, 2.24) is 10.8 Å². The number of carbonyl (C=O) groups excluding carboxylic acids is 1. The minimum absolute atomic E-state index is 0.0349. The van der Waals surface area contributed by atoms with E-state index in [2.05, 4.69) is 10.3 Å². The molecule has 11 heteroatoms. The van der Waals surface area contributed by atoms with Gasteiger partial charge in [0.25, 0.3) is 0 Å². The molecule has 0 aromatic carbocycles. The van der Waals surface area contributed by atoms with Crippen molar-refractivity contribution >= 4 is 19.5 Å². The highest BCUT2D eigenvalue weighted by Crippen LogP contribution is 2.46. The Morgan fingerprint density at radius 3 is 2.36 bits per heavy atom. The quantitative estimate of drug-likeness (QED) is 0.107. The molecule has 0 heterocycles. The lowest BCUT2D eigenvalue weighted by molar-refractivity contribution is -0.125. The standard InChI is InChI=1S/C11H26N5O5P/c1-3-20-22(19,21-4-2)8-15-10(17)9(16-18)6-5-7-14-11(12)13/h9,16,18H,3-8H2,1-2H3,(H,15,17)(H4,12,13,14)/t9-/m0/s1. The monoisotopic (exact) mass is 339 g/mol. The van der Waals surface area contributed by atoms with E-state index in [1.165, 1.54) is 0 Å². The largest absolute Gasteiger partial charge is 0.370 e. The lowest BCUT2D eigenvalue weighted by Gasteiger charge is -2.19. The summed E-state index contributed by atoms with van der Waals surface area (Å²) < 4.78 is 22.3. The van der Waals surface area contributed by atoms with Gasteiger partial charge in [0.05, 0.1) is 13.2 Å². The van der Waals surface area contributed by atoms with Crippen LogP contribution in [-0.4, -0.2) is 49.2 Å². The molecule has 0 aliphatic rings. The van der Waals surface area contributed by atoms with Crippen LogP contribution >= 0.6 is 7.60 Å². The summed E-state index contributed by atoms with van der Waals surface area (Å²) in [5, 5.41) is 11.4. The fourth-order valence-electron chi connectivity index (χ4n) is 1.58. The third kappa shape index (κ3) is 8.96. The van der Waals surface area contributed by atoms with Crippen molar-refractivity contribution in [3.05, 3.63) is 0 Å². The molecule has 0 aliphatic heterocycles. The van der Waals surface area contributed by atoms with E-state index in [4.69, 9.17) is 25.7 Å². The first-order valence-electron chi connectivity index (χ1n) is 6.99. The zero-order valence-electron chi connectivity index (χ0n) is 12.9. The predicted octanol–water partition coefficient (Wildman–Crippen LogP) is -0.273. The average molecular weight is 339 g/mol. The van der Waals surface area contributed by atoms with Crippen LogP contribution in [0.1, 0.15) is 26.7 Å². The first-order valence-corrected chi connectivity index (χ1v) is 8.72. The minimum atomic E-state index is -3.36. The molecule has 0 radical (unpaired) electrons. The molecule has 0 unspecified atom stereocenters. The number of carbonyl (C=O) groups is 1. The van der Waals surface area contributed by atoms with Gasteiger partial charge >= 0.3 is 7.60 Å². The molecule has 0 bridgehead atoms. The molecule has 0 saturated carbocycles. The molecule has 10 nitrogen and oxygen atoms in total. The fraction of sp³-hybridized carbons (Fsp3) is 0.818. The Bertz CT molecular complexity index is 392. The van der Waals surface area contributed by atoms with E-state index in [9.17, 15) is 9.36 Å². The Kier molecular flexibility index (Phi) is 10.8. The number of hydroxylamine groups is 1. The van der Waals surface area contributed by atoms with Crippen molar-refractivity contribution in [1.29, 1.82) is 0 Å². The summed E-state index contributed by atoms with van der Waals surface area (Å²) >= 11 is 0. The van der Waals surface area contributed by atoms with Crippen LogP contribution in [0.5, 0.6) is 0 Å². The molecule has 0 aromatic heterocycles. The molecule has 0 fully saturated rings. The summed E-state index contributed by atoms with van der Waals surface area (Å²) in [6.45, 7) is 4.09. The maximum atomic E-state index is 12.2. The Balaban J connectivity index is 4.34. The summed E-state index contributed by atoms with van der Waals surface area (Å²) in [7, 11) is -3.36. The first-order chi connectivity index (χ1) is 10.4. The van der Waals surface area contributed by atoms with Crippen LogP contribution in [0.25, 0.3) is 0 Å². The van der Waals surface area contributed by atoms with Gasteiger partial charge < -0.3 is 31.0 Å². The highest BCUT2D eigenvalue weighted by molar-refractivity contribution is 7.53. The van der Waals surface area contributed by atoms with E-state index >= 15 is 0 Å². The van der Waals surface area contributed by atoms with Gasteiger partial charge in [0.15, 0.2) is 5.96 Å². The third-order valence-electron chi connectivity index (χ3n) is 2.52. The highest BCUT2D eigenvalue weighted by atomic mass is 31.2. The van der Waals surface area contributed by atoms with Crippen LogP contribution in [0.15, 0.2) is 4.99 Å². The van der Waals surface area contributed by atoms with Gasteiger partial charge in [0, 0.05) is 6.54 Å². The number of amides is 1. The molecule has 0 aromatic rings. The van der Waals surface area contributed by atoms with Crippen LogP contribution in [-0.2, 0) is 18.4 Å². The van der Waals surface area contributed by atoms with Crippen molar-refractivity contribution < 1.29 is 23.6 Å². The van der Waals surface area contributed by atoms with E-state index in [-0.39, 0.29) is 25.5 Å². The molecule has 130 valence electrons. The summed E-state index contributed by atoms with van der Waals surface area (Å²) in [5.41, 5.74) is 12.3. The molecular weight excluding hydrogens is 313 g/mol. The Morgan fingerprint density at radius 1 is 1.32 bits per heavy atom. The number of nitrogens with zero attached hydrogens (tertiary/aromatic N) is 1. The Hall–Kier alpha value is -1.19. The average Bonchev–Trinajstić information content (AvgIpc) is 2.45. The number of hydrogen-bond acceptors (Lipinski definition) is 7. The SMILES string of the molecule is CCOP(=O)(CNC(=O)[C@H](CCCN=C(N)N)NO)OCC. The molecule has 0 rings (SSSR count). The van der Waals surface area contributed by atoms with Crippen molar-refractivity contribution in [2.45, 2.75) is 32.7 Å². The van der Waals surface area contributed by atoms with Crippen molar-refractivity contribution in [3.63, 3.8) is 0 Å². The topological polar surface area (TPSA) is 161 Å².